The molecule has 0 bridgehead atoms. The third-order valence-electron chi connectivity index (χ3n) is 6.82. The van der Waals surface area contributed by atoms with Crippen molar-refractivity contribution in [1.82, 2.24) is 4.98 Å². The van der Waals surface area contributed by atoms with Crippen molar-refractivity contribution in [3.8, 4) is 28.5 Å². The number of carbonyl (C=O) groups is 1. The smallest absolute Gasteiger partial charge is 0.416 e. The van der Waals surface area contributed by atoms with Gasteiger partial charge in [0.05, 0.1) is 30.5 Å². The summed E-state index contributed by atoms with van der Waals surface area (Å²) in [7, 11) is 1.43. The average molecular weight is 561 g/mol. The lowest BCUT2D eigenvalue weighted by Crippen LogP contribution is -2.35. The number of Topliss-reactive ketones (excluding diaryl/α,β-unsaturated/α-hetero) is 1. The fourth-order valence-electron chi connectivity index (χ4n) is 4.44. The Morgan fingerprint density at radius 2 is 1.85 bits per heavy atom. The number of alkyl halides is 3. The van der Waals surface area contributed by atoms with Crippen LogP contribution in [0.25, 0.3) is 11.3 Å². The van der Waals surface area contributed by atoms with Gasteiger partial charge in [-0.25, -0.2) is 4.98 Å². The van der Waals surface area contributed by atoms with Crippen LogP contribution in [0.2, 0.25) is 0 Å². The Hall–Kier alpha value is -3.67. The number of benzene rings is 2. The summed E-state index contributed by atoms with van der Waals surface area (Å²) >= 11 is 0. The number of aromatic nitrogens is 1. The third-order valence-corrected chi connectivity index (χ3v) is 6.82. The molecule has 1 aliphatic rings. The molecular formula is C29H31F3N2O6. The second kappa shape index (κ2) is 11.1. The van der Waals surface area contributed by atoms with Crippen molar-refractivity contribution in [1.29, 1.82) is 0 Å². The van der Waals surface area contributed by atoms with E-state index in [2.05, 4.69) is 4.98 Å². The first-order valence-electron chi connectivity index (χ1n) is 12.6. The molecule has 4 N–H and O–H groups in total. The maximum Gasteiger partial charge on any atom is 0.416 e. The number of ether oxygens (including phenoxy) is 3. The minimum atomic E-state index is -4.49. The second-order valence-electron chi connectivity index (χ2n) is 10.1. The van der Waals surface area contributed by atoms with Crippen LogP contribution >= 0.6 is 0 Å². The zero-order chi connectivity index (χ0) is 29.3. The Morgan fingerprint density at radius 1 is 1.15 bits per heavy atom. The number of aliphatic hydroxyl groups excluding tert-OH is 1. The molecule has 2 unspecified atom stereocenters. The van der Waals surface area contributed by atoms with Gasteiger partial charge in [-0.15, -0.1) is 0 Å². The van der Waals surface area contributed by atoms with Gasteiger partial charge in [-0.3, -0.25) is 4.79 Å². The Bertz CT molecular complexity index is 1390. The van der Waals surface area contributed by atoms with Crippen molar-refractivity contribution in [3.05, 3.63) is 70.9 Å². The van der Waals surface area contributed by atoms with Crippen LogP contribution < -0.4 is 19.9 Å². The van der Waals surface area contributed by atoms with Crippen molar-refractivity contribution in [2.24, 2.45) is 5.73 Å². The van der Waals surface area contributed by atoms with Gasteiger partial charge in [0.15, 0.2) is 23.0 Å². The monoisotopic (exact) mass is 560 g/mol. The van der Waals surface area contributed by atoms with Crippen molar-refractivity contribution < 1.29 is 42.4 Å². The molecule has 40 heavy (non-hydrogen) atoms. The van der Waals surface area contributed by atoms with Crippen molar-refractivity contribution in [2.45, 2.75) is 44.0 Å². The van der Waals surface area contributed by atoms with E-state index in [-0.39, 0.29) is 49.8 Å². The van der Waals surface area contributed by atoms with Gasteiger partial charge in [0, 0.05) is 23.1 Å². The lowest BCUT2D eigenvalue weighted by molar-refractivity contribution is -0.137. The third kappa shape index (κ3) is 6.06. The molecule has 214 valence electrons. The number of nitrogens with two attached hydrogens (primary N) is 1. The fourth-order valence-corrected chi connectivity index (χ4v) is 4.44. The molecule has 3 aromatic rings. The molecule has 1 aromatic heterocycles. The van der Waals surface area contributed by atoms with Gasteiger partial charge >= 0.3 is 6.18 Å². The summed E-state index contributed by atoms with van der Waals surface area (Å²) in [5.41, 5.74) is 4.85. The van der Waals surface area contributed by atoms with Crippen LogP contribution in [0.1, 0.15) is 53.9 Å². The highest BCUT2D eigenvalue weighted by Gasteiger charge is 2.38. The van der Waals surface area contributed by atoms with E-state index in [4.69, 9.17) is 25.1 Å². The molecular weight excluding hydrogens is 529 g/mol. The fraction of sp³-hybridized carbons (Fsp3) is 0.379. The molecule has 0 saturated carbocycles. The Labute approximate surface area is 229 Å². The Morgan fingerprint density at radius 3 is 2.48 bits per heavy atom. The molecule has 2 heterocycles. The molecule has 0 amide bonds. The van der Waals surface area contributed by atoms with E-state index in [9.17, 15) is 23.1 Å². The lowest BCUT2D eigenvalue weighted by atomic mass is 9.88. The summed E-state index contributed by atoms with van der Waals surface area (Å²) in [6.07, 6.45) is -4.54. The van der Waals surface area contributed by atoms with E-state index in [0.717, 1.165) is 12.1 Å². The Balaban J connectivity index is 1.62. The minimum absolute atomic E-state index is 0.00268. The van der Waals surface area contributed by atoms with E-state index in [0.29, 0.717) is 33.9 Å². The number of carbonyl (C=O) groups excluding carboxylic acids is 1. The van der Waals surface area contributed by atoms with Crippen LogP contribution in [0.3, 0.4) is 0 Å². The van der Waals surface area contributed by atoms with Crippen LogP contribution in [0.4, 0.5) is 13.2 Å². The second-order valence-corrected chi connectivity index (χ2v) is 10.1. The summed E-state index contributed by atoms with van der Waals surface area (Å²) in [4.78, 5) is 17.6. The predicted molar refractivity (Wildman–Crippen MR) is 140 cm³/mol. The van der Waals surface area contributed by atoms with E-state index in [1.54, 1.807) is 25.1 Å². The molecule has 11 heteroatoms. The van der Waals surface area contributed by atoms with Gasteiger partial charge in [0.2, 0.25) is 0 Å². The van der Waals surface area contributed by atoms with Gasteiger partial charge in [-0.2, -0.15) is 13.2 Å². The summed E-state index contributed by atoms with van der Waals surface area (Å²) in [6, 6.07) is 10.8. The van der Waals surface area contributed by atoms with Crippen LogP contribution in [0.5, 0.6) is 17.2 Å². The van der Waals surface area contributed by atoms with E-state index in [1.807, 2.05) is 0 Å². The lowest BCUT2D eigenvalue weighted by Gasteiger charge is -2.25. The first-order chi connectivity index (χ1) is 18.8. The predicted octanol–water partition coefficient (Wildman–Crippen LogP) is 4.58. The minimum Gasteiger partial charge on any atom is -0.493 e. The van der Waals surface area contributed by atoms with E-state index < -0.39 is 22.9 Å². The normalized spacial score (nSPS) is 18.0. The first kappa shape index (κ1) is 29.3. The number of halogens is 3. The highest BCUT2D eigenvalue weighted by atomic mass is 19.4. The topological polar surface area (TPSA) is 124 Å². The van der Waals surface area contributed by atoms with Crippen LogP contribution in [0, 0.1) is 0 Å². The standard InChI is InChI=1S/C29H31F3N2O6/c1-27(33)16-40-26-20(27)15-24(34-25(26)17-4-7-19(8-5-17)29(30,31)32)28(2,37)11-10-21(36)18-6-9-22(39-13-12-35)23(14-18)38-3/h4-9,14-15,35,37H,10-13,16,33H2,1-3H3. The molecule has 2 aromatic carbocycles. The van der Waals surface area contributed by atoms with E-state index >= 15 is 0 Å². The molecule has 1 aliphatic heterocycles. The summed E-state index contributed by atoms with van der Waals surface area (Å²) in [5, 5.41) is 20.4. The Kier molecular flexibility index (Phi) is 8.11. The molecule has 0 saturated heterocycles. The van der Waals surface area contributed by atoms with Crippen LogP contribution in [-0.2, 0) is 17.3 Å². The molecule has 8 nitrogen and oxygen atoms in total. The van der Waals surface area contributed by atoms with Crippen molar-refractivity contribution in [2.75, 3.05) is 26.9 Å². The molecule has 0 fully saturated rings. The van der Waals surface area contributed by atoms with Crippen LogP contribution in [0.15, 0.2) is 48.5 Å². The van der Waals surface area contributed by atoms with Gasteiger partial charge < -0.3 is 30.2 Å². The number of rotatable bonds is 10. The number of fused-ring (bicyclic) bond motifs is 1. The molecule has 0 spiro atoms. The largest absolute Gasteiger partial charge is 0.493 e. The van der Waals surface area contributed by atoms with Crippen LogP contribution in [-0.4, -0.2) is 47.9 Å². The average Bonchev–Trinajstić information content (AvgIpc) is 3.23. The number of pyridine rings is 1. The molecule has 0 radical (unpaired) electrons. The van der Waals surface area contributed by atoms with Crippen molar-refractivity contribution >= 4 is 5.78 Å². The quantitative estimate of drug-likeness (QED) is 0.308. The van der Waals surface area contributed by atoms with Gasteiger partial charge in [0.25, 0.3) is 0 Å². The zero-order valence-corrected chi connectivity index (χ0v) is 22.3. The number of methoxy groups -OCH3 is 1. The highest BCUT2D eigenvalue weighted by molar-refractivity contribution is 5.96. The number of hydrogen-bond acceptors (Lipinski definition) is 8. The first-order valence-corrected chi connectivity index (χ1v) is 12.6. The summed E-state index contributed by atoms with van der Waals surface area (Å²) in [6.45, 7) is 3.29. The molecule has 2 atom stereocenters. The maximum atomic E-state index is 13.1. The molecule has 0 aliphatic carbocycles. The van der Waals surface area contributed by atoms with E-state index in [1.165, 1.54) is 32.2 Å². The van der Waals surface area contributed by atoms with Gasteiger partial charge in [-0.1, -0.05) is 12.1 Å². The van der Waals surface area contributed by atoms with Crippen molar-refractivity contribution in [3.63, 3.8) is 0 Å². The molecule has 4 rings (SSSR count). The van der Waals surface area contributed by atoms with Gasteiger partial charge in [-0.05, 0) is 56.7 Å². The summed E-state index contributed by atoms with van der Waals surface area (Å²) in [5.74, 6) is 0.791. The number of nitrogens with zero attached hydrogens (tertiary/aromatic N) is 1. The zero-order valence-electron chi connectivity index (χ0n) is 22.3. The maximum absolute atomic E-state index is 13.1. The summed E-state index contributed by atoms with van der Waals surface area (Å²) < 4.78 is 55.8. The van der Waals surface area contributed by atoms with Gasteiger partial charge in [0.1, 0.15) is 24.5 Å². The number of hydrogen-bond donors (Lipinski definition) is 3. The number of aliphatic hydroxyl groups is 2. The number of ketones is 1. The highest BCUT2D eigenvalue weighted by Crippen LogP contribution is 2.44. The SMILES string of the molecule is COc1cc(C(=O)CCC(C)(O)c2cc3c(c(-c4ccc(C(F)(F)F)cc4)n2)OCC3(C)N)ccc1OCCO.